The first-order valence-corrected chi connectivity index (χ1v) is 6.00. The molecule has 2 heteroatoms. The highest BCUT2D eigenvalue weighted by Crippen LogP contribution is 2.13. The Balaban J connectivity index is 2.45. The number of rotatable bonds is 6. The Kier molecular flexibility index (Phi) is 6.02. The van der Waals surface area contributed by atoms with Gasteiger partial charge in [-0.1, -0.05) is 37.6 Å². The Labute approximate surface area is 97.6 Å². The third-order valence-corrected chi connectivity index (χ3v) is 2.27. The third-order valence-electron chi connectivity index (χ3n) is 2.06. The quantitative estimate of drug-likeness (QED) is 0.569. The van der Waals surface area contributed by atoms with Crippen molar-refractivity contribution >= 4 is 18.7 Å². The molecule has 0 radical (unpaired) electrons. The van der Waals surface area contributed by atoms with Crippen LogP contribution in [-0.2, 0) is 0 Å². The molecule has 1 rings (SSSR count). The van der Waals surface area contributed by atoms with E-state index in [4.69, 9.17) is 4.74 Å². The minimum atomic E-state index is 0.773. The first kappa shape index (κ1) is 12.2. The first-order valence-electron chi connectivity index (χ1n) is 5.37. The van der Waals surface area contributed by atoms with Crippen molar-refractivity contribution in [2.45, 2.75) is 19.8 Å². The standard InChI is InChI=1S/C13H18OS/c1-2-3-10-14-13-8-6-12(7-9-13)5-4-11-15/h4-9,15H,2-3,10-11H2,1H3. The van der Waals surface area contributed by atoms with E-state index in [1.807, 2.05) is 18.2 Å². The van der Waals surface area contributed by atoms with Gasteiger partial charge >= 0.3 is 0 Å². The lowest BCUT2D eigenvalue weighted by Gasteiger charge is -2.04. The van der Waals surface area contributed by atoms with Crippen LogP contribution in [0, 0.1) is 0 Å². The van der Waals surface area contributed by atoms with Crippen LogP contribution >= 0.6 is 12.6 Å². The molecule has 0 unspecified atom stereocenters. The van der Waals surface area contributed by atoms with Crippen LogP contribution in [0.5, 0.6) is 5.75 Å². The zero-order valence-electron chi connectivity index (χ0n) is 9.15. The van der Waals surface area contributed by atoms with Crippen LogP contribution in [0.1, 0.15) is 25.3 Å². The minimum Gasteiger partial charge on any atom is -0.494 e. The second-order valence-electron chi connectivity index (χ2n) is 3.36. The number of ether oxygens (including phenoxy) is 1. The maximum Gasteiger partial charge on any atom is 0.119 e. The topological polar surface area (TPSA) is 9.23 Å². The van der Waals surface area contributed by atoms with Crippen molar-refractivity contribution in [2.75, 3.05) is 12.4 Å². The summed E-state index contributed by atoms with van der Waals surface area (Å²) in [5.41, 5.74) is 1.19. The molecule has 0 aliphatic rings. The maximum atomic E-state index is 5.57. The number of unbranched alkanes of at least 4 members (excludes halogenated alkanes) is 1. The normalized spacial score (nSPS) is 10.8. The Morgan fingerprint density at radius 2 is 2.00 bits per heavy atom. The molecule has 0 N–H and O–H groups in total. The zero-order valence-corrected chi connectivity index (χ0v) is 10.0. The average Bonchev–Trinajstić information content (AvgIpc) is 2.28. The van der Waals surface area contributed by atoms with Crippen molar-refractivity contribution in [3.63, 3.8) is 0 Å². The SMILES string of the molecule is CCCCOc1ccc(C=CCS)cc1. The lowest BCUT2D eigenvalue weighted by molar-refractivity contribution is 0.309. The molecule has 1 aromatic rings. The van der Waals surface area contributed by atoms with Gasteiger partial charge in [0.1, 0.15) is 5.75 Å². The monoisotopic (exact) mass is 222 g/mol. The number of benzene rings is 1. The number of hydrogen-bond acceptors (Lipinski definition) is 2. The van der Waals surface area contributed by atoms with Gasteiger partial charge in [0.2, 0.25) is 0 Å². The lowest BCUT2D eigenvalue weighted by atomic mass is 10.2. The van der Waals surface area contributed by atoms with E-state index in [-0.39, 0.29) is 0 Å². The summed E-state index contributed by atoms with van der Waals surface area (Å²) in [5, 5.41) is 0. The molecule has 1 nitrogen and oxygen atoms in total. The van der Waals surface area contributed by atoms with Crippen LogP contribution in [0.4, 0.5) is 0 Å². The highest BCUT2D eigenvalue weighted by Gasteiger charge is 1.92. The summed E-state index contributed by atoms with van der Waals surface area (Å²) in [6.45, 7) is 2.97. The average molecular weight is 222 g/mol. The van der Waals surface area contributed by atoms with Gasteiger partial charge in [-0.05, 0) is 24.1 Å². The molecule has 82 valence electrons. The highest BCUT2D eigenvalue weighted by atomic mass is 32.1. The molecule has 0 aliphatic carbocycles. The second-order valence-corrected chi connectivity index (χ2v) is 3.72. The van der Waals surface area contributed by atoms with Crippen molar-refractivity contribution in [1.82, 2.24) is 0 Å². The molecule has 0 aromatic heterocycles. The van der Waals surface area contributed by atoms with E-state index in [0.29, 0.717) is 0 Å². The summed E-state index contributed by atoms with van der Waals surface area (Å²) in [4.78, 5) is 0. The third kappa shape index (κ3) is 4.93. The van der Waals surface area contributed by atoms with Gasteiger partial charge in [-0.3, -0.25) is 0 Å². The van der Waals surface area contributed by atoms with Crippen molar-refractivity contribution in [1.29, 1.82) is 0 Å². The van der Waals surface area contributed by atoms with Gasteiger partial charge in [-0.25, -0.2) is 0 Å². The predicted octanol–water partition coefficient (Wildman–Crippen LogP) is 3.81. The van der Waals surface area contributed by atoms with Gasteiger partial charge < -0.3 is 4.74 Å². The van der Waals surface area contributed by atoms with Crippen molar-refractivity contribution in [3.8, 4) is 5.75 Å². The molecular weight excluding hydrogens is 204 g/mol. The van der Waals surface area contributed by atoms with Crippen molar-refractivity contribution in [2.24, 2.45) is 0 Å². The summed E-state index contributed by atoms with van der Waals surface area (Å²) in [7, 11) is 0. The molecule has 0 saturated heterocycles. The molecule has 0 saturated carbocycles. The molecule has 1 aromatic carbocycles. The molecule has 15 heavy (non-hydrogen) atoms. The summed E-state index contributed by atoms with van der Waals surface area (Å²) in [6.07, 6.45) is 6.36. The fourth-order valence-electron chi connectivity index (χ4n) is 1.20. The molecule has 0 amide bonds. The van der Waals surface area contributed by atoms with Crippen LogP contribution < -0.4 is 4.74 Å². The minimum absolute atomic E-state index is 0.773. The van der Waals surface area contributed by atoms with E-state index >= 15 is 0 Å². The first-order chi connectivity index (χ1) is 7.36. The largest absolute Gasteiger partial charge is 0.494 e. The van der Waals surface area contributed by atoms with Gasteiger partial charge in [0.05, 0.1) is 6.61 Å². The van der Waals surface area contributed by atoms with E-state index in [2.05, 4.69) is 37.8 Å². The lowest BCUT2D eigenvalue weighted by Crippen LogP contribution is -1.95. The Bertz CT molecular complexity index is 290. The van der Waals surface area contributed by atoms with Crippen LogP contribution in [0.2, 0.25) is 0 Å². The van der Waals surface area contributed by atoms with Crippen molar-refractivity contribution in [3.05, 3.63) is 35.9 Å². The summed E-state index contributed by atoms with van der Waals surface area (Å²) < 4.78 is 5.57. The summed E-state index contributed by atoms with van der Waals surface area (Å²) in [5.74, 6) is 1.72. The van der Waals surface area contributed by atoms with Gasteiger partial charge in [0.25, 0.3) is 0 Å². The van der Waals surface area contributed by atoms with E-state index in [1.54, 1.807) is 0 Å². The summed E-state index contributed by atoms with van der Waals surface area (Å²) >= 11 is 4.12. The number of thiol groups is 1. The second kappa shape index (κ2) is 7.41. The van der Waals surface area contributed by atoms with Gasteiger partial charge in [0.15, 0.2) is 0 Å². The predicted molar refractivity (Wildman–Crippen MR) is 69.7 cm³/mol. The molecule has 0 heterocycles. The fraction of sp³-hybridized carbons (Fsp3) is 0.385. The molecule has 0 atom stereocenters. The zero-order chi connectivity index (χ0) is 10.9. The van der Waals surface area contributed by atoms with Crippen LogP contribution in [0.3, 0.4) is 0 Å². The molecule has 0 spiro atoms. The van der Waals surface area contributed by atoms with Gasteiger partial charge in [-0.2, -0.15) is 12.6 Å². The highest BCUT2D eigenvalue weighted by molar-refractivity contribution is 7.80. The van der Waals surface area contributed by atoms with E-state index < -0.39 is 0 Å². The van der Waals surface area contributed by atoms with E-state index in [9.17, 15) is 0 Å². The Morgan fingerprint density at radius 3 is 2.60 bits per heavy atom. The van der Waals surface area contributed by atoms with Gasteiger partial charge in [-0.15, -0.1) is 0 Å². The van der Waals surface area contributed by atoms with Crippen LogP contribution in [-0.4, -0.2) is 12.4 Å². The van der Waals surface area contributed by atoms with Crippen LogP contribution in [0.15, 0.2) is 30.3 Å². The van der Waals surface area contributed by atoms with Crippen molar-refractivity contribution < 1.29 is 4.74 Å². The van der Waals surface area contributed by atoms with Crippen LogP contribution in [0.25, 0.3) is 6.08 Å². The van der Waals surface area contributed by atoms with Gasteiger partial charge in [0, 0.05) is 5.75 Å². The van der Waals surface area contributed by atoms with E-state index in [0.717, 1.165) is 24.5 Å². The molecule has 0 aliphatic heterocycles. The molecular formula is C13H18OS. The molecule has 0 fully saturated rings. The molecule has 0 bridgehead atoms. The Morgan fingerprint density at radius 1 is 1.27 bits per heavy atom. The fourth-order valence-corrected chi connectivity index (χ4v) is 1.30. The smallest absolute Gasteiger partial charge is 0.119 e. The Hall–Kier alpha value is -0.890. The number of hydrogen-bond donors (Lipinski definition) is 1. The van der Waals surface area contributed by atoms with E-state index in [1.165, 1.54) is 12.0 Å². The summed E-state index contributed by atoms with van der Waals surface area (Å²) in [6, 6.07) is 8.13. The maximum absolute atomic E-state index is 5.57.